The summed E-state index contributed by atoms with van der Waals surface area (Å²) in [6.45, 7) is 0.0377. The minimum absolute atomic E-state index is 0.0377. The molecule has 6 heteroatoms. The van der Waals surface area contributed by atoms with Crippen molar-refractivity contribution in [3.05, 3.63) is 11.2 Å². The van der Waals surface area contributed by atoms with Crippen molar-refractivity contribution in [3.8, 4) is 0 Å². The Morgan fingerprint density at radius 3 is 3.00 bits per heavy atom. The molecule has 1 heterocycles. The van der Waals surface area contributed by atoms with Crippen molar-refractivity contribution in [2.24, 2.45) is 5.92 Å². The molecule has 0 saturated heterocycles. The lowest BCUT2D eigenvalue weighted by atomic mass is 10.2. The third kappa shape index (κ3) is 1.83. The van der Waals surface area contributed by atoms with Crippen LogP contribution in [0.15, 0.2) is 11.2 Å². The van der Waals surface area contributed by atoms with Crippen LogP contribution < -0.4 is 0 Å². The maximum Gasteiger partial charge on any atom is 0.316 e. The number of carbonyl (C=O) groups is 1. The minimum Gasteiger partial charge on any atom is -0.766 e. The highest BCUT2D eigenvalue weighted by molar-refractivity contribution is 7.83. The van der Waals surface area contributed by atoms with E-state index in [0.717, 1.165) is 0 Å². The van der Waals surface area contributed by atoms with Gasteiger partial charge >= 0.3 is 5.97 Å². The predicted molar refractivity (Wildman–Crippen MR) is 38.5 cm³/mol. The molecule has 0 amide bonds. The number of esters is 1. The Labute approximate surface area is 71.6 Å². The third-order valence-corrected chi connectivity index (χ3v) is 1.99. The summed E-state index contributed by atoms with van der Waals surface area (Å²) >= 11 is -2.40. The summed E-state index contributed by atoms with van der Waals surface area (Å²) in [6.07, 6.45) is 1.23. The van der Waals surface area contributed by atoms with Crippen molar-refractivity contribution < 1.29 is 23.0 Å². The molecule has 68 valence electrons. The lowest BCUT2D eigenvalue weighted by Gasteiger charge is -2.04. The van der Waals surface area contributed by atoms with E-state index < -0.39 is 23.0 Å². The predicted octanol–water partition coefficient (Wildman–Crippen LogP) is -0.474. The highest BCUT2D eigenvalue weighted by atomic mass is 32.2. The van der Waals surface area contributed by atoms with Gasteiger partial charge in [-0.1, -0.05) is 0 Å². The van der Waals surface area contributed by atoms with Gasteiger partial charge in [0.25, 0.3) is 0 Å². The molecule has 1 aliphatic rings. The smallest absolute Gasteiger partial charge is 0.316 e. The molecule has 0 N–H and O–H groups in total. The molecule has 2 unspecified atom stereocenters. The highest BCUT2D eigenvalue weighted by Gasteiger charge is 2.24. The summed E-state index contributed by atoms with van der Waals surface area (Å²) in [7, 11) is 1.24. The molecule has 0 aromatic rings. The zero-order valence-electron chi connectivity index (χ0n) is 6.31. The maximum absolute atomic E-state index is 10.8. The van der Waals surface area contributed by atoms with Gasteiger partial charge in [-0.2, -0.15) is 0 Å². The van der Waals surface area contributed by atoms with Gasteiger partial charge in [-0.3, -0.25) is 9.00 Å². The second-order valence-corrected chi connectivity index (χ2v) is 3.03. The van der Waals surface area contributed by atoms with Gasteiger partial charge in [-0.15, -0.1) is 0 Å². The normalized spacial score (nSPS) is 24.2. The highest BCUT2D eigenvalue weighted by Crippen LogP contribution is 2.18. The van der Waals surface area contributed by atoms with Crippen molar-refractivity contribution >= 4 is 17.0 Å². The molecule has 0 aromatic carbocycles. The monoisotopic (exact) mass is 191 g/mol. The average molecular weight is 191 g/mol. The van der Waals surface area contributed by atoms with E-state index in [-0.39, 0.29) is 11.7 Å². The summed E-state index contributed by atoms with van der Waals surface area (Å²) < 4.78 is 29.7. The van der Waals surface area contributed by atoms with E-state index in [1.807, 2.05) is 0 Å². The largest absolute Gasteiger partial charge is 0.766 e. The van der Waals surface area contributed by atoms with Crippen LogP contribution in [0.3, 0.4) is 0 Å². The number of hydrogen-bond donors (Lipinski definition) is 0. The fourth-order valence-electron chi connectivity index (χ4n) is 0.824. The van der Waals surface area contributed by atoms with E-state index in [1.54, 1.807) is 0 Å². The van der Waals surface area contributed by atoms with E-state index >= 15 is 0 Å². The van der Waals surface area contributed by atoms with Gasteiger partial charge in [0.2, 0.25) is 0 Å². The van der Waals surface area contributed by atoms with Crippen molar-refractivity contribution in [2.75, 3.05) is 13.7 Å². The van der Waals surface area contributed by atoms with Crippen LogP contribution in [0.25, 0.3) is 0 Å². The lowest BCUT2D eigenvalue weighted by molar-refractivity contribution is -0.144. The molecular formula is C6H7O5S-. The van der Waals surface area contributed by atoms with E-state index in [0.29, 0.717) is 0 Å². The van der Waals surface area contributed by atoms with E-state index in [2.05, 4.69) is 4.74 Å². The van der Waals surface area contributed by atoms with Gasteiger partial charge in [0, 0.05) is 11.1 Å². The SMILES string of the molecule is COC(=O)C1C=C(S(=O)[O-])OC1. The molecular weight excluding hydrogens is 184 g/mol. The van der Waals surface area contributed by atoms with Gasteiger partial charge in [0.1, 0.15) is 12.5 Å². The standard InChI is InChI=1S/C6H8O5S/c1-10-6(7)4-2-5(11-3-4)12(8)9/h2,4H,3H2,1H3,(H,8,9)/p-1. The van der Waals surface area contributed by atoms with Crippen LogP contribution >= 0.6 is 0 Å². The topological polar surface area (TPSA) is 75.7 Å². The molecule has 1 aliphatic heterocycles. The Balaban J connectivity index is 2.64. The molecule has 0 radical (unpaired) electrons. The quantitative estimate of drug-likeness (QED) is 0.435. The first kappa shape index (κ1) is 9.21. The summed E-state index contributed by atoms with van der Waals surface area (Å²) in [5.41, 5.74) is 0. The summed E-state index contributed by atoms with van der Waals surface area (Å²) in [4.78, 5) is 10.8. The lowest BCUT2D eigenvalue weighted by Crippen LogP contribution is -2.14. The molecule has 5 nitrogen and oxygen atoms in total. The van der Waals surface area contributed by atoms with E-state index in [4.69, 9.17) is 4.74 Å². The Morgan fingerprint density at radius 2 is 2.58 bits per heavy atom. The van der Waals surface area contributed by atoms with Gasteiger partial charge < -0.3 is 14.0 Å². The van der Waals surface area contributed by atoms with Crippen LogP contribution in [0.5, 0.6) is 0 Å². The van der Waals surface area contributed by atoms with Crippen LogP contribution in [0, 0.1) is 5.92 Å². The fourth-order valence-corrected chi connectivity index (χ4v) is 1.26. The van der Waals surface area contributed by atoms with Crippen LogP contribution in [0.1, 0.15) is 0 Å². The number of rotatable bonds is 2. The zero-order chi connectivity index (χ0) is 9.14. The zero-order valence-corrected chi connectivity index (χ0v) is 7.13. The first-order valence-corrected chi connectivity index (χ1v) is 4.24. The Hall–Kier alpha value is -0.880. The van der Waals surface area contributed by atoms with Crippen LogP contribution in [-0.2, 0) is 25.3 Å². The molecule has 0 fully saturated rings. The number of ether oxygens (including phenoxy) is 2. The van der Waals surface area contributed by atoms with Crippen molar-refractivity contribution in [1.82, 2.24) is 0 Å². The Morgan fingerprint density at radius 1 is 1.92 bits per heavy atom. The molecule has 0 aliphatic carbocycles. The van der Waals surface area contributed by atoms with Crippen molar-refractivity contribution in [3.63, 3.8) is 0 Å². The average Bonchev–Trinajstić information content (AvgIpc) is 2.51. The van der Waals surface area contributed by atoms with Crippen molar-refractivity contribution in [2.45, 2.75) is 0 Å². The number of methoxy groups -OCH3 is 1. The summed E-state index contributed by atoms with van der Waals surface area (Å²) in [5.74, 6) is -1.08. The molecule has 2 atom stereocenters. The van der Waals surface area contributed by atoms with Crippen LogP contribution in [-0.4, -0.2) is 28.4 Å². The van der Waals surface area contributed by atoms with Gasteiger partial charge in [-0.05, 0) is 6.08 Å². The maximum atomic E-state index is 10.8. The number of carbonyl (C=O) groups excluding carboxylic acids is 1. The second kappa shape index (κ2) is 3.68. The molecule has 0 aromatic heterocycles. The number of hydrogen-bond acceptors (Lipinski definition) is 5. The van der Waals surface area contributed by atoms with E-state index in [1.165, 1.54) is 13.2 Å². The van der Waals surface area contributed by atoms with Gasteiger partial charge in [-0.25, -0.2) is 0 Å². The minimum atomic E-state index is -2.40. The molecule has 0 bridgehead atoms. The van der Waals surface area contributed by atoms with Crippen LogP contribution in [0.2, 0.25) is 0 Å². The first-order chi connectivity index (χ1) is 5.65. The van der Waals surface area contributed by atoms with Gasteiger partial charge in [0.15, 0.2) is 5.09 Å². The summed E-state index contributed by atoms with van der Waals surface area (Å²) in [5, 5.41) is -0.189. The Bertz CT molecular complexity index is 246. The fraction of sp³-hybridized carbons (Fsp3) is 0.500. The first-order valence-electron chi connectivity index (χ1n) is 3.17. The molecule has 1 rings (SSSR count). The molecule has 0 saturated carbocycles. The molecule has 0 spiro atoms. The van der Waals surface area contributed by atoms with Gasteiger partial charge in [0.05, 0.1) is 7.11 Å². The second-order valence-electron chi connectivity index (χ2n) is 2.16. The van der Waals surface area contributed by atoms with Crippen molar-refractivity contribution in [1.29, 1.82) is 0 Å². The summed E-state index contributed by atoms with van der Waals surface area (Å²) in [6, 6.07) is 0. The van der Waals surface area contributed by atoms with E-state index in [9.17, 15) is 13.6 Å². The third-order valence-electron chi connectivity index (χ3n) is 1.41. The molecule has 12 heavy (non-hydrogen) atoms. The Kier molecular flexibility index (Phi) is 2.83. The van der Waals surface area contributed by atoms with Crippen LogP contribution in [0.4, 0.5) is 0 Å².